The van der Waals surface area contributed by atoms with Gasteiger partial charge in [-0.3, -0.25) is 4.79 Å². The number of piperidine rings is 1. The number of likely N-dealkylation sites (tertiary alicyclic amines) is 1. The number of aryl methyl sites for hydroxylation is 2. The second kappa shape index (κ2) is 7.81. The van der Waals surface area contributed by atoms with Crippen LogP contribution >= 0.6 is 0 Å². The molecule has 0 radical (unpaired) electrons. The minimum Gasteiger partial charge on any atom is -0.339 e. The number of halogens is 1. The Morgan fingerprint density at radius 3 is 2.80 bits per heavy atom. The van der Waals surface area contributed by atoms with Crippen LogP contribution in [0.5, 0.6) is 0 Å². The fourth-order valence-electron chi connectivity index (χ4n) is 3.53. The number of hydrogen-bond donors (Lipinski definition) is 0. The van der Waals surface area contributed by atoms with Crippen LogP contribution in [0.1, 0.15) is 60.3 Å². The molecule has 1 amide bonds. The molecule has 134 valence electrons. The number of nitrogens with zero attached hydrogens (tertiary/aromatic N) is 3. The first-order valence-electron chi connectivity index (χ1n) is 9.16. The predicted molar refractivity (Wildman–Crippen MR) is 96.2 cm³/mol. The number of hydrogen-bond acceptors (Lipinski definition) is 2. The third kappa shape index (κ3) is 3.91. The van der Waals surface area contributed by atoms with Crippen molar-refractivity contribution in [1.82, 2.24) is 14.5 Å². The summed E-state index contributed by atoms with van der Waals surface area (Å²) in [7, 11) is 0. The first-order valence-corrected chi connectivity index (χ1v) is 9.16. The molecule has 3 rings (SSSR count). The Balaban J connectivity index is 1.65. The highest BCUT2D eigenvalue weighted by Crippen LogP contribution is 2.28. The Kier molecular flexibility index (Phi) is 5.51. The van der Waals surface area contributed by atoms with Crippen molar-refractivity contribution in [1.29, 1.82) is 0 Å². The van der Waals surface area contributed by atoms with Crippen LogP contribution in [0.4, 0.5) is 4.39 Å². The molecular formula is C20H26FN3O. The molecule has 1 fully saturated rings. The Bertz CT molecular complexity index is 732. The topological polar surface area (TPSA) is 38.1 Å². The van der Waals surface area contributed by atoms with Crippen LogP contribution in [0.3, 0.4) is 0 Å². The van der Waals surface area contributed by atoms with Crippen LogP contribution in [0, 0.1) is 12.7 Å². The van der Waals surface area contributed by atoms with E-state index in [1.165, 1.54) is 12.1 Å². The van der Waals surface area contributed by atoms with Gasteiger partial charge in [0.15, 0.2) is 0 Å². The standard InChI is InChI=1S/C20H26FN3O/c1-3-4-10-23-13-9-22-19(23)16-7-11-24(12-8-16)20(25)18-14-17(21)6-5-15(18)2/h5-6,9,13-14,16H,3-4,7-8,10-12H2,1-2H3. The molecule has 0 aliphatic carbocycles. The van der Waals surface area contributed by atoms with Gasteiger partial charge in [0.2, 0.25) is 0 Å². The minimum atomic E-state index is -0.359. The Morgan fingerprint density at radius 2 is 2.08 bits per heavy atom. The van der Waals surface area contributed by atoms with Gasteiger partial charge in [-0.15, -0.1) is 0 Å². The maximum atomic E-state index is 13.5. The van der Waals surface area contributed by atoms with Gasteiger partial charge in [-0.05, 0) is 43.9 Å². The molecule has 25 heavy (non-hydrogen) atoms. The van der Waals surface area contributed by atoms with Crippen LogP contribution in [-0.2, 0) is 6.54 Å². The summed E-state index contributed by atoms with van der Waals surface area (Å²) < 4.78 is 15.7. The maximum absolute atomic E-state index is 13.5. The van der Waals surface area contributed by atoms with Crippen molar-refractivity contribution in [3.05, 3.63) is 53.4 Å². The lowest BCUT2D eigenvalue weighted by Crippen LogP contribution is -2.38. The molecule has 0 saturated carbocycles. The van der Waals surface area contributed by atoms with Crippen molar-refractivity contribution >= 4 is 5.91 Å². The summed E-state index contributed by atoms with van der Waals surface area (Å²) in [5.41, 5.74) is 1.30. The highest BCUT2D eigenvalue weighted by Gasteiger charge is 2.27. The number of unbranched alkanes of at least 4 members (excludes halogenated alkanes) is 1. The number of rotatable bonds is 5. The molecule has 0 spiro atoms. The molecule has 0 N–H and O–H groups in total. The van der Waals surface area contributed by atoms with Gasteiger partial charge in [0.25, 0.3) is 5.91 Å². The average Bonchev–Trinajstić information content (AvgIpc) is 3.10. The number of carbonyl (C=O) groups excluding carboxylic acids is 1. The molecule has 1 aromatic heterocycles. The van der Waals surface area contributed by atoms with Gasteiger partial charge in [-0.1, -0.05) is 19.4 Å². The van der Waals surface area contributed by atoms with Crippen LogP contribution in [0.25, 0.3) is 0 Å². The van der Waals surface area contributed by atoms with Gasteiger partial charge >= 0.3 is 0 Å². The van der Waals surface area contributed by atoms with E-state index in [4.69, 9.17) is 0 Å². The predicted octanol–water partition coefficient (Wildman–Crippen LogP) is 4.15. The first-order chi connectivity index (χ1) is 12.1. The van der Waals surface area contributed by atoms with E-state index in [0.717, 1.165) is 43.6 Å². The van der Waals surface area contributed by atoms with Gasteiger partial charge in [-0.2, -0.15) is 0 Å². The highest BCUT2D eigenvalue weighted by atomic mass is 19.1. The molecule has 1 aromatic carbocycles. The van der Waals surface area contributed by atoms with E-state index in [1.807, 2.05) is 18.0 Å². The molecular weight excluding hydrogens is 317 g/mol. The van der Waals surface area contributed by atoms with Crippen molar-refractivity contribution in [3.8, 4) is 0 Å². The summed E-state index contributed by atoms with van der Waals surface area (Å²) in [5.74, 6) is 1.11. The van der Waals surface area contributed by atoms with Crippen molar-refractivity contribution in [2.75, 3.05) is 13.1 Å². The largest absolute Gasteiger partial charge is 0.339 e. The van der Waals surface area contributed by atoms with Gasteiger partial charge in [0.1, 0.15) is 11.6 Å². The maximum Gasteiger partial charge on any atom is 0.254 e. The summed E-state index contributed by atoms with van der Waals surface area (Å²) in [6, 6.07) is 4.41. The number of aromatic nitrogens is 2. The molecule has 5 heteroatoms. The number of carbonyl (C=O) groups is 1. The Labute approximate surface area is 148 Å². The van der Waals surface area contributed by atoms with E-state index in [0.29, 0.717) is 24.6 Å². The number of imidazole rings is 1. The average molecular weight is 343 g/mol. The van der Waals surface area contributed by atoms with Crippen LogP contribution in [0.15, 0.2) is 30.6 Å². The lowest BCUT2D eigenvalue weighted by atomic mass is 9.95. The molecule has 1 aliphatic heterocycles. The Morgan fingerprint density at radius 1 is 1.32 bits per heavy atom. The van der Waals surface area contributed by atoms with Crippen LogP contribution in [-0.4, -0.2) is 33.4 Å². The quantitative estimate of drug-likeness (QED) is 0.818. The van der Waals surface area contributed by atoms with Gasteiger partial charge < -0.3 is 9.47 Å². The van der Waals surface area contributed by atoms with Crippen LogP contribution < -0.4 is 0 Å². The summed E-state index contributed by atoms with van der Waals surface area (Å²) >= 11 is 0. The van der Waals surface area contributed by atoms with E-state index < -0.39 is 0 Å². The number of amides is 1. The van der Waals surface area contributed by atoms with E-state index in [2.05, 4.69) is 22.7 Å². The molecule has 0 bridgehead atoms. The molecule has 2 heterocycles. The van der Waals surface area contributed by atoms with Gasteiger partial charge in [0.05, 0.1) is 0 Å². The van der Waals surface area contributed by atoms with Gasteiger partial charge in [0, 0.05) is 43.5 Å². The lowest BCUT2D eigenvalue weighted by molar-refractivity contribution is 0.0709. The molecule has 1 saturated heterocycles. The molecule has 0 unspecified atom stereocenters. The van der Waals surface area contributed by atoms with Crippen molar-refractivity contribution in [2.24, 2.45) is 0 Å². The van der Waals surface area contributed by atoms with Crippen molar-refractivity contribution < 1.29 is 9.18 Å². The van der Waals surface area contributed by atoms with Crippen molar-refractivity contribution in [2.45, 2.75) is 52.0 Å². The highest BCUT2D eigenvalue weighted by molar-refractivity contribution is 5.95. The zero-order valence-electron chi connectivity index (χ0n) is 15.0. The minimum absolute atomic E-state index is 0.0650. The fourth-order valence-corrected chi connectivity index (χ4v) is 3.53. The number of benzene rings is 1. The first kappa shape index (κ1) is 17.6. The zero-order valence-corrected chi connectivity index (χ0v) is 15.0. The van der Waals surface area contributed by atoms with Crippen LogP contribution in [0.2, 0.25) is 0 Å². The smallest absolute Gasteiger partial charge is 0.254 e. The summed E-state index contributed by atoms with van der Waals surface area (Å²) in [6.45, 7) is 6.44. The molecule has 4 nitrogen and oxygen atoms in total. The van der Waals surface area contributed by atoms with Gasteiger partial charge in [-0.25, -0.2) is 9.37 Å². The lowest BCUT2D eigenvalue weighted by Gasteiger charge is -2.32. The third-order valence-corrected chi connectivity index (χ3v) is 5.08. The Hall–Kier alpha value is -2.17. The summed E-state index contributed by atoms with van der Waals surface area (Å²) in [5, 5.41) is 0. The second-order valence-corrected chi connectivity index (χ2v) is 6.86. The normalized spacial score (nSPS) is 15.6. The van der Waals surface area contributed by atoms with E-state index >= 15 is 0 Å². The van der Waals surface area contributed by atoms with E-state index in [9.17, 15) is 9.18 Å². The SMILES string of the molecule is CCCCn1ccnc1C1CCN(C(=O)c2cc(F)ccc2C)CC1. The second-order valence-electron chi connectivity index (χ2n) is 6.86. The zero-order chi connectivity index (χ0) is 17.8. The molecule has 1 aliphatic rings. The monoisotopic (exact) mass is 343 g/mol. The molecule has 2 aromatic rings. The molecule has 0 atom stereocenters. The van der Waals surface area contributed by atoms with Crippen molar-refractivity contribution in [3.63, 3.8) is 0 Å². The fraction of sp³-hybridized carbons (Fsp3) is 0.500. The summed E-state index contributed by atoms with van der Waals surface area (Å²) in [4.78, 5) is 19.1. The third-order valence-electron chi connectivity index (χ3n) is 5.08. The summed E-state index contributed by atoms with van der Waals surface area (Å²) in [6.07, 6.45) is 8.06. The van der Waals surface area contributed by atoms with E-state index in [-0.39, 0.29) is 11.7 Å². The van der Waals surface area contributed by atoms with E-state index in [1.54, 1.807) is 6.07 Å².